The highest BCUT2D eigenvalue weighted by Gasteiger charge is 2.27. The van der Waals surface area contributed by atoms with Crippen LogP contribution in [0.2, 0.25) is 0 Å². The lowest BCUT2D eigenvalue weighted by molar-refractivity contribution is 0.0739. The summed E-state index contributed by atoms with van der Waals surface area (Å²) in [5, 5.41) is 16.5. The third-order valence-corrected chi connectivity index (χ3v) is 4.04. The summed E-state index contributed by atoms with van der Waals surface area (Å²) in [4.78, 5) is 20.2. The van der Waals surface area contributed by atoms with Crippen molar-refractivity contribution in [2.24, 2.45) is 11.7 Å². The molecule has 0 bridgehead atoms. The van der Waals surface area contributed by atoms with Crippen molar-refractivity contribution in [3.05, 3.63) is 11.8 Å². The van der Waals surface area contributed by atoms with Crippen LogP contribution in [0.25, 0.3) is 0 Å². The number of rotatable bonds is 4. The molecule has 0 spiro atoms. The highest BCUT2D eigenvalue weighted by molar-refractivity contribution is 5.97. The number of carbonyl (C=O) groups is 1. The molecule has 0 saturated heterocycles. The standard InChI is InChI=1S/C16H27N5O2/c1-9-5-6-10(7-12(9)22)19-14-11(13(17)23)8-18-15(20-14)21-16(2,3)4/h8-10,12,22H,5-7H2,1-4H3,(H2,17,23)(H2,18,19,20,21)/t9-,10?,12-/m0/s1. The number of carbonyl (C=O) groups excluding carboxylic acids is 1. The van der Waals surface area contributed by atoms with E-state index >= 15 is 0 Å². The molecule has 128 valence electrons. The first-order chi connectivity index (χ1) is 10.7. The molecular formula is C16H27N5O2. The van der Waals surface area contributed by atoms with Gasteiger partial charge in [0.1, 0.15) is 5.82 Å². The second kappa shape index (κ2) is 6.70. The zero-order chi connectivity index (χ0) is 17.2. The molecule has 7 nitrogen and oxygen atoms in total. The summed E-state index contributed by atoms with van der Waals surface area (Å²) >= 11 is 0. The first-order valence-electron chi connectivity index (χ1n) is 8.05. The van der Waals surface area contributed by atoms with E-state index in [9.17, 15) is 9.90 Å². The smallest absolute Gasteiger partial charge is 0.254 e. The van der Waals surface area contributed by atoms with Gasteiger partial charge in [0.05, 0.1) is 11.7 Å². The lowest BCUT2D eigenvalue weighted by Gasteiger charge is -2.32. The molecule has 3 atom stereocenters. The highest BCUT2D eigenvalue weighted by atomic mass is 16.3. The van der Waals surface area contributed by atoms with Crippen LogP contribution in [0.4, 0.5) is 11.8 Å². The maximum absolute atomic E-state index is 11.6. The number of anilines is 2. The Labute approximate surface area is 137 Å². The van der Waals surface area contributed by atoms with Crippen molar-refractivity contribution < 1.29 is 9.90 Å². The summed E-state index contributed by atoms with van der Waals surface area (Å²) in [5.41, 5.74) is 5.49. The quantitative estimate of drug-likeness (QED) is 0.672. The van der Waals surface area contributed by atoms with Gasteiger partial charge in [0.15, 0.2) is 0 Å². The van der Waals surface area contributed by atoms with Crippen LogP contribution in [0.15, 0.2) is 6.20 Å². The minimum absolute atomic E-state index is 0.0664. The molecule has 1 saturated carbocycles. The van der Waals surface area contributed by atoms with Gasteiger partial charge in [-0.25, -0.2) is 4.98 Å². The molecule has 1 aromatic heterocycles. The van der Waals surface area contributed by atoms with Crippen LogP contribution in [0.3, 0.4) is 0 Å². The van der Waals surface area contributed by atoms with Crippen molar-refractivity contribution in [1.82, 2.24) is 9.97 Å². The number of hydrogen-bond donors (Lipinski definition) is 4. The number of aliphatic hydroxyl groups is 1. The summed E-state index contributed by atoms with van der Waals surface area (Å²) in [5.74, 6) is 0.590. The molecule has 0 aromatic carbocycles. The van der Waals surface area contributed by atoms with Gasteiger partial charge in [0, 0.05) is 17.8 Å². The summed E-state index contributed by atoms with van der Waals surface area (Å²) in [6.45, 7) is 8.06. The van der Waals surface area contributed by atoms with Crippen molar-refractivity contribution in [2.45, 2.75) is 64.6 Å². The number of nitrogens with one attached hydrogen (secondary N) is 2. The van der Waals surface area contributed by atoms with Crippen molar-refractivity contribution in [3.63, 3.8) is 0 Å². The average Bonchev–Trinajstić information content (AvgIpc) is 2.41. The monoisotopic (exact) mass is 321 g/mol. The molecule has 2 rings (SSSR count). The molecule has 1 aliphatic rings. The molecule has 5 N–H and O–H groups in total. The van der Waals surface area contributed by atoms with Gasteiger partial charge in [-0.3, -0.25) is 4.79 Å². The Morgan fingerprint density at radius 2 is 2.09 bits per heavy atom. The van der Waals surface area contributed by atoms with Gasteiger partial charge in [-0.15, -0.1) is 0 Å². The predicted octanol–water partition coefficient (Wildman–Crippen LogP) is 1.75. The van der Waals surface area contributed by atoms with E-state index in [1.165, 1.54) is 6.20 Å². The fourth-order valence-electron chi connectivity index (χ4n) is 2.69. The molecule has 7 heteroatoms. The van der Waals surface area contributed by atoms with Crippen LogP contribution >= 0.6 is 0 Å². The van der Waals surface area contributed by atoms with Gasteiger partial charge in [0.2, 0.25) is 5.95 Å². The van der Waals surface area contributed by atoms with E-state index in [2.05, 4.69) is 20.6 Å². The molecule has 0 radical (unpaired) electrons. The molecular weight excluding hydrogens is 294 g/mol. The highest BCUT2D eigenvalue weighted by Crippen LogP contribution is 2.27. The largest absolute Gasteiger partial charge is 0.393 e. The Hall–Kier alpha value is -1.89. The molecule has 1 aromatic rings. The summed E-state index contributed by atoms with van der Waals surface area (Å²) in [6, 6.07) is 0.0664. The van der Waals surface area contributed by atoms with Crippen LogP contribution in [0, 0.1) is 5.92 Å². The molecule has 1 unspecified atom stereocenters. The number of primary amides is 1. The Morgan fingerprint density at radius 1 is 1.39 bits per heavy atom. The van der Waals surface area contributed by atoms with Crippen LogP contribution in [-0.2, 0) is 0 Å². The van der Waals surface area contributed by atoms with Gasteiger partial charge >= 0.3 is 0 Å². The molecule has 1 aliphatic carbocycles. The Balaban J connectivity index is 2.20. The molecule has 1 heterocycles. The number of aliphatic hydroxyl groups excluding tert-OH is 1. The first-order valence-corrected chi connectivity index (χ1v) is 8.05. The number of nitrogens with two attached hydrogens (primary N) is 1. The minimum atomic E-state index is -0.570. The molecule has 1 amide bonds. The van der Waals surface area contributed by atoms with Crippen LogP contribution in [0.1, 0.15) is 57.3 Å². The third kappa shape index (κ3) is 4.79. The van der Waals surface area contributed by atoms with Gasteiger partial charge in [0.25, 0.3) is 5.91 Å². The number of nitrogens with zero attached hydrogens (tertiary/aromatic N) is 2. The number of aromatic nitrogens is 2. The van der Waals surface area contributed by atoms with Gasteiger partial charge in [-0.1, -0.05) is 6.92 Å². The third-order valence-electron chi connectivity index (χ3n) is 4.04. The van der Waals surface area contributed by atoms with E-state index < -0.39 is 5.91 Å². The lowest BCUT2D eigenvalue weighted by Crippen LogP contribution is -2.36. The number of hydrogen-bond acceptors (Lipinski definition) is 6. The van der Waals surface area contributed by atoms with Gasteiger partial charge in [-0.05, 0) is 46.0 Å². The summed E-state index contributed by atoms with van der Waals surface area (Å²) < 4.78 is 0. The zero-order valence-corrected chi connectivity index (χ0v) is 14.3. The fourth-order valence-corrected chi connectivity index (χ4v) is 2.69. The van der Waals surface area contributed by atoms with E-state index in [1.54, 1.807) is 0 Å². The fraction of sp³-hybridized carbons (Fsp3) is 0.688. The maximum atomic E-state index is 11.6. The van der Waals surface area contributed by atoms with Crippen molar-refractivity contribution in [2.75, 3.05) is 10.6 Å². The molecule has 0 aliphatic heterocycles. The first kappa shape index (κ1) is 17.5. The van der Waals surface area contributed by atoms with Gasteiger partial charge < -0.3 is 21.5 Å². The van der Waals surface area contributed by atoms with Crippen molar-refractivity contribution in [3.8, 4) is 0 Å². The van der Waals surface area contributed by atoms with E-state index in [0.717, 1.165) is 12.8 Å². The number of amides is 1. The normalized spacial score (nSPS) is 25.0. The second-order valence-electron chi connectivity index (χ2n) is 7.39. The molecule has 23 heavy (non-hydrogen) atoms. The Kier molecular flexibility index (Phi) is 5.09. The van der Waals surface area contributed by atoms with Crippen molar-refractivity contribution >= 4 is 17.7 Å². The van der Waals surface area contributed by atoms with Crippen LogP contribution in [0.5, 0.6) is 0 Å². The lowest BCUT2D eigenvalue weighted by atomic mass is 9.85. The van der Waals surface area contributed by atoms with Crippen LogP contribution in [-0.4, -0.2) is 38.7 Å². The van der Waals surface area contributed by atoms with E-state index in [4.69, 9.17) is 5.73 Å². The second-order valence-corrected chi connectivity index (χ2v) is 7.39. The van der Waals surface area contributed by atoms with Crippen molar-refractivity contribution in [1.29, 1.82) is 0 Å². The van der Waals surface area contributed by atoms with E-state index in [0.29, 0.717) is 24.1 Å². The predicted molar refractivity (Wildman–Crippen MR) is 90.4 cm³/mol. The minimum Gasteiger partial charge on any atom is -0.393 e. The topological polar surface area (TPSA) is 113 Å². The summed E-state index contributed by atoms with van der Waals surface area (Å²) in [6.07, 6.45) is 3.58. The summed E-state index contributed by atoms with van der Waals surface area (Å²) in [7, 11) is 0. The SMILES string of the molecule is C[C@H]1CCC(Nc2nc(NC(C)(C)C)ncc2C(N)=O)C[C@@H]1O. The van der Waals surface area contributed by atoms with E-state index in [-0.39, 0.29) is 23.2 Å². The van der Waals surface area contributed by atoms with Gasteiger partial charge in [-0.2, -0.15) is 4.98 Å². The van der Waals surface area contributed by atoms with E-state index in [1.807, 2.05) is 27.7 Å². The van der Waals surface area contributed by atoms with Crippen LogP contribution < -0.4 is 16.4 Å². The maximum Gasteiger partial charge on any atom is 0.254 e. The Bertz CT molecular complexity index is 570. The molecule has 1 fully saturated rings. The Morgan fingerprint density at radius 3 is 2.65 bits per heavy atom. The average molecular weight is 321 g/mol. The zero-order valence-electron chi connectivity index (χ0n) is 14.3.